The van der Waals surface area contributed by atoms with Crippen molar-refractivity contribution in [3.05, 3.63) is 114 Å². The number of fused-ring (bicyclic) bond motifs is 1. The standard InChI is InChI=1S/C27H24FN5O2S/c28-23-9-6-20(7-10-23)16-33(36(34,35)26-4-2-1-3-5-26)25-13-22-12-21(14-29)8-11-27(22)32(18-25)17-24-15-30-19-31-24/h1-12,15,19,25H,13,16-18H2,(H,30,31). The van der Waals surface area contributed by atoms with Gasteiger partial charge in [0.15, 0.2) is 0 Å². The van der Waals surface area contributed by atoms with E-state index in [9.17, 15) is 18.1 Å². The van der Waals surface area contributed by atoms with Crippen molar-refractivity contribution in [3.63, 3.8) is 0 Å². The van der Waals surface area contributed by atoms with E-state index in [1.807, 2.05) is 12.1 Å². The third kappa shape index (κ3) is 4.87. The molecule has 0 fully saturated rings. The Morgan fingerprint density at radius 2 is 1.89 bits per heavy atom. The molecule has 7 nitrogen and oxygen atoms in total. The summed E-state index contributed by atoms with van der Waals surface area (Å²) in [5, 5.41) is 9.47. The van der Waals surface area contributed by atoms with E-state index in [1.54, 1.807) is 61.1 Å². The molecule has 1 atom stereocenters. The van der Waals surface area contributed by atoms with Crippen LogP contribution >= 0.6 is 0 Å². The number of nitriles is 1. The fourth-order valence-electron chi connectivity index (χ4n) is 4.63. The van der Waals surface area contributed by atoms with Gasteiger partial charge in [0.25, 0.3) is 0 Å². The van der Waals surface area contributed by atoms with Crippen molar-refractivity contribution in [2.75, 3.05) is 11.4 Å². The van der Waals surface area contributed by atoms with Crippen molar-refractivity contribution < 1.29 is 12.8 Å². The lowest BCUT2D eigenvalue weighted by atomic mass is 9.95. The Balaban J connectivity index is 1.57. The molecule has 3 aromatic carbocycles. The molecule has 1 aliphatic heterocycles. The van der Waals surface area contributed by atoms with Gasteiger partial charge in [0.1, 0.15) is 5.82 Å². The minimum Gasteiger partial charge on any atom is -0.364 e. The molecule has 9 heteroatoms. The number of sulfonamides is 1. The van der Waals surface area contributed by atoms with Crippen molar-refractivity contribution >= 4 is 15.7 Å². The Hall–Kier alpha value is -4.00. The van der Waals surface area contributed by atoms with E-state index in [0.717, 1.165) is 16.9 Å². The van der Waals surface area contributed by atoms with Crippen LogP contribution in [0.1, 0.15) is 22.4 Å². The summed E-state index contributed by atoms with van der Waals surface area (Å²) in [6.07, 6.45) is 3.79. The lowest BCUT2D eigenvalue weighted by Gasteiger charge is -2.40. The van der Waals surface area contributed by atoms with Gasteiger partial charge in [-0.15, -0.1) is 0 Å². The maximum absolute atomic E-state index is 13.9. The van der Waals surface area contributed by atoms with E-state index in [0.29, 0.717) is 30.6 Å². The number of hydrogen-bond acceptors (Lipinski definition) is 5. The van der Waals surface area contributed by atoms with Crippen LogP contribution in [0.15, 0.2) is 90.2 Å². The van der Waals surface area contributed by atoms with Gasteiger partial charge in [0.05, 0.1) is 35.1 Å². The number of nitrogens with zero attached hydrogens (tertiary/aromatic N) is 4. The fraction of sp³-hybridized carbons (Fsp3) is 0.185. The number of anilines is 1. The van der Waals surface area contributed by atoms with E-state index in [2.05, 4.69) is 20.9 Å². The zero-order chi connectivity index (χ0) is 25.1. The van der Waals surface area contributed by atoms with Crippen LogP contribution in [0.3, 0.4) is 0 Å². The van der Waals surface area contributed by atoms with Gasteiger partial charge in [-0.3, -0.25) is 0 Å². The van der Waals surface area contributed by atoms with Gasteiger partial charge < -0.3 is 9.88 Å². The first kappa shape index (κ1) is 23.7. The van der Waals surface area contributed by atoms with Crippen LogP contribution in [-0.2, 0) is 29.5 Å². The molecule has 0 spiro atoms. The normalized spacial score (nSPS) is 15.5. The van der Waals surface area contributed by atoms with E-state index >= 15 is 0 Å². The van der Waals surface area contributed by atoms with E-state index in [1.165, 1.54) is 16.4 Å². The van der Waals surface area contributed by atoms with Gasteiger partial charge in [0, 0.05) is 31.0 Å². The van der Waals surface area contributed by atoms with Gasteiger partial charge in [-0.25, -0.2) is 17.8 Å². The average molecular weight is 502 g/mol. The zero-order valence-electron chi connectivity index (χ0n) is 19.4. The van der Waals surface area contributed by atoms with E-state index in [4.69, 9.17) is 0 Å². The predicted molar refractivity (Wildman–Crippen MR) is 134 cm³/mol. The summed E-state index contributed by atoms with van der Waals surface area (Å²) in [6.45, 7) is 1.03. The van der Waals surface area contributed by atoms with Gasteiger partial charge in [-0.2, -0.15) is 9.57 Å². The molecule has 1 unspecified atom stereocenters. The fourth-order valence-corrected chi connectivity index (χ4v) is 6.25. The van der Waals surface area contributed by atoms with Crippen molar-refractivity contribution in [2.24, 2.45) is 0 Å². The van der Waals surface area contributed by atoms with Crippen LogP contribution in [0.5, 0.6) is 0 Å². The number of H-pyrrole nitrogens is 1. The summed E-state index contributed by atoms with van der Waals surface area (Å²) in [5.74, 6) is -0.377. The predicted octanol–water partition coefficient (Wildman–Crippen LogP) is 4.24. The Morgan fingerprint density at radius 3 is 2.58 bits per heavy atom. The maximum Gasteiger partial charge on any atom is 0.243 e. The molecule has 0 aliphatic carbocycles. The van der Waals surface area contributed by atoms with Crippen LogP contribution in [0.4, 0.5) is 10.1 Å². The molecule has 4 aromatic rings. The van der Waals surface area contributed by atoms with Crippen LogP contribution < -0.4 is 4.90 Å². The molecule has 2 heterocycles. The van der Waals surface area contributed by atoms with Gasteiger partial charge in [-0.05, 0) is 60.0 Å². The van der Waals surface area contributed by atoms with Crippen LogP contribution in [0, 0.1) is 17.1 Å². The van der Waals surface area contributed by atoms with Crippen molar-refractivity contribution in [3.8, 4) is 6.07 Å². The highest BCUT2D eigenvalue weighted by Crippen LogP contribution is 2.33. The topological polar surface area (TPSA) is 93.1 Å². The first-order valence-electron chi connectivity index (χ1n) is 11.5. The Kier molecular flexibility index (Phi) is 6.55. The zero-order valence-corrected chi connectivity index (χ0v) is 20.2. The molecule has 0 bridgehead atoms. The number of nitrogens with one attached hydrogen (secondary N) is 1. The minimum atomic E-state index is -3.88. The Labute approximate surface area is 209 Å². The molecule has 36 heavy (non-hydrogen) atoms. The van der Waals surface area contributed by atoms with Crippen molar-refractivity contribution in [2.45, 2.75) is 30.4 Å². The summed E-state index contributed by atoms with van der Waals surface area (Å²) >= 11 is 0. The number of benzene rings is 3. The molecule has 1 N–H and O–H groups in total. The summed E-state index contributed by atoms with van der Waals surface area (Å²) in [7, 11) is -3.88. The average Bonchev–Trinajstić information content (AvgIpc) is 3.41. The molecular formula is C27H24FN5O2S. The monoisotopic (exact) mass is 501 g/mol. The summed E-state index contributed by atoms with van der Waals surface area (Å²) in [4.78, 5) is 9.52. The molecule has 0 amide bonds. The Bertz CT molecular complexity index is 1480. The van der Waals surface area contributed by atoms with Crippen LogP contribution in [0.25, 0.3) is 0 Å². The number of imidazole rings is 1. The summed E-state index contributed by atoms with van der Waals surface area (Å²) in [5.41, 5.74) is 3.96. The smallest absolute Gasteiger partial charge is 0.243 e. The van der Waals surface area contributed by atoms with E-state index < -0.39 is 16.1 Å². The van der Waals surface area contributed by atoms with Crippen molar-refractivity contribution in [1.82, 2.24) is 14.3 Å². The lowest BCUT2D eigenvalue weighted by molar-refractivity contribution is 0.302. The first-order chi connectivity index (χ1) is 17.4. The number of hydrogen-bond donors (Lipinski definition) is 1. The Morgan fingerprint density at radius 1 is 1.11 bits per heavy atom. The molecule has 182 valence electrons. The van der Waals surface area contributed by atoms with Gasteiger partial charge in [-0.1, -0.05) is 30.3 Å². The van der Waals surface area contributed by atoms with E-state index in [-0.39, 0.29) is 17.3 Å². The third-order valence-electron chi connectivity index (χ3n) is 6.36. The second kappa shape index (κ2) is 9.93. The SMILES string of the molecule is N#Cc1ccc2c(c1)CC(N(Cc1ccc(F)cc1)S(=O)(=O)c1ccccc1)CN2Cc1cnc[nH]1. The van der Waals surface area contributed by atoms with Crippen LogP contribution in [-0.4, -0.2) is 35.3 Å². The van der Waals surface area contributed by atoms with Crippen molar-refractivity contribution in [1.29, 1.82) is 5.26 Å². The van der Waals surface area contributed by atoms with Gasteiger partial charge in [0.2, 0.25) is 10.0 Å². The number of halogens is 1. The highest BCUT2D eigenvalue weighted by molar-refractivity contribution is 7.89. The number of aromatic amines is 1. The summed E-state index contributed by atoms with van der Waals surface area (Å²) in [6, 6.07) is 21.5. The summed E-state index contributed by atoms with van der Waals surface area (Å²) < 4.78 is 42.9. The largest absolute Gasteiger partial charge is 0.364 e. The minimum absolute atomic E-state index is 0.0906. The van der Waals surface area contributed by atoms with Crippen LogP contribution in [0.2, 0.25) is 0 Å². The number of rotatable bonds is 7. The third-order valence-corrected chi connectivity index (χ3v) is 8.27. The molecule has 5 rings (SSSR count). The first-order valence-corrected chi connectivity index (χ1v) is 12.9. The number of aromatic nitrogens is 2. The molecule has 1 aromatic heterocycles. The maximum atomic E-state index is 13.9. The highest BCUT2D eigenvalue weighted by atomic mass is 32.2. The molecule has 0 saturated carbocycles. The lowest BCUT2D eigenvalue weighted by Crippen LogP contribution is -2.50. The molecular weight excluding hydrogens is 477 g/mol. The van der Waals surface area contributed by atoms with Gasteiger partial charge >= 0.3 is 0 Å². The molecule has 0 saturated heterocycles. The highest BCUT2D eigenvalue weighted by Gasteiger charge is 2.36. The molecule has 0 radical (unpaired) electrons. The molecule has 1 aliphatic rings. The second-order valence-electron chi connectivity index (χ2n) is 8.76. The second-order valence-corrected chi connectivity index (χ2v) is 10.7. The quantitative estimate of drug-likeness (QED) is 0.409.